The summed E-state index contributed by atoms with van der Waals surface area (Å²) < 4.78 is 5.90. The standard InChI is InChI=1S/C21H21Cl2N3OS/c22-16-10-6-11-17(23)20(16)24-18-12-5-4-7-14(18)13-19-25-26-21(27-19)28-15-8-2-1-3-9-15/h4-7,10-12,15,24H,1-3,8-9,13H2. The van der Waals surface area contributed by atoms with Gasteiger partial charge in [0.05, 0.1) is 22.2 Å². The van der Waals surface area contributed by atoms with Crippen LogP contribution in [0.15, 0.2) is 52.1 Å². The summed E-state index contributed by atoms with van der Waals surface area (Å²) in [7, 11) is 0. The van der Waals surface area contributed by atoms with Crippen LogP contribution in [0.5, 0.6) is 0 Å². The fraction of sp³-hybridized carbons (Fsp3) is 0.333. The lowest BCUT2D eigenvalue weighted by atomic mass is 10.0. The number of para-hydroxylation sites is 2. The van der Waals surface area contributed by atoms with Gasteiger partial charge in [0.1, 0.15) is 0 Å². The molecule has 0 saturated heterocycles. The van der Waals surface area contributed by atoms with Crippen LogP contribution in [0, 0.1) is 0 Å². The highest BCUT2D eigenvalue weighted by Gasteiger charge is 2.18. The monoisotopic (exact) mass is 433 g/mol. The van der Waals surface area contributed by atoms with Crippen molar-refractivity contribution in [2.24, 2.45) is 0 Å². The average molecular weight is 434 g/mol. The van der Waals surface area contributed by atoms with Gasteiger partial charge in [0.15, 0.2) is 0 Å². The molecule has 1 saturated carbocycles. The van der Waals surface area contributed by atoms with E-state index in [0.29, 0.717) is 38.5 Å². The quantitative estimate of drug-likeness (QED) is 0.447. The van der Waals surface area contributed by atoms with Crippen LogP contribution in [0.1, 0.15) is 43.6 Å². The Kier molecular flexibility index (Phi) is 6.45. The van der Waals surface area contributed by atoms with E-state index in [1.165, 1.54) is 32.1 Å². The van der Waals surface area contributed by atoms with E-state index in [-0.39, 0.29) is 0 Å². The van der Waals surface area contributed by atoms with E-state index in [2.05, 4.69) is 15.5 Å². The first-order valence-electron chi connectivity index (χ1n) is 9.47. The van der Waals surface area contributed by atoms with Crippen molar-refractivity contribution in [1.29, 1.82) is 0 Å². The van der Waals surface area contributed by atoms with Gasteiger partial charge < -0.3 is 9.73 Å². The second-order valence-electron chi connectivity index (χ2n) is 6.90. The Hall–Kier alpha value is -1.69. The van der Waals surface area contributed by atoms with Crippen LogP contribution in [-0.4, -0.2) is 15.4 Å². The molecule has 0 atom stereocenters. The van der Waals surface area contributed by atoms with Crippen LogP contribution in [0.2, 0.25) is 10.0 Å². The molecule has 1 heterocycles. The van der Waals surface area contributed by atoms with Crippen molar-refractivity contribution in [3.05, 3.63) is 64.0 Å². The van der Waals surface area contributed by atoms with Gasteiger partial charge >= 0.3 is 0 Å². The maximum Gasteiger partial charge on any atom is 0.276 e. The van der Waals surface area contributed by atoms with Gasteiger partial charge in [-0.25, -0.2) is 0 Å². The molecule has 146 valence electrons. The van der Waals surface area contributed by atoms with Crippen molar-refractivity contribution in [2.45, 2.75) is 49.0 Å². The zero-order chi connectivity index (χ0) is 19.3. The number of benzene rings is 2. The summed E-state index contributed by atoms with van der Waals surface area (Å²) in [5.41, 5.74) is 2.64. The van der Waals surface area contributed by atoms with Gasteiger partial charge in [-0.1, -0.05) is 78.5 Å². The first-order chi connectivity index (χ1) is 13.7. The topological polar surface area (TPSA) is 51.0 Å². The van der Waals surface area contributed by atoms with Gasteiger partial charge in [0.25, 0.3) is 5.22 Å². The van der Waals surface area contributed by atoms with Gasteiger partial charge in [0, 0.05) is 10.9 Å². The fourth-order valence-electron chi connectivity index (χ4n) is 3.39. The number of anilines is 2. The van der Waals surface area contributed by atoms with Crippen LogP contribution in [-0.2, 0) is 6.42 Å². The van der Waals surface area contributed by atoms with Crippen LogP contribution in [0.25, 0.3) is 0 Å². The number of nitrogens with one attached hydrogen (secondary N) is 1. The van der Waals surface area contributed by atoms with Gasteiger partial charge in [0.2, 0.25) is 5.89 Å². The second-order valence-corrected chi connectivity index (χ2v) is 8.96. The molecule has 1 aliphatic rings. The second kappa shape index (κ2) is 9.21. The lowest BCUT2D eigenvalue weighted by Gasteiger charge is -2.18. The smallest absolute Gasteiger partial charge is 0.276 e. The summed E-state index contributed by atoms with van der Waals surface area (Å²) in [6.07, 6.45) is 6.93. The Bertz CT molecular complexity index is 921. The van der Waals surface area contributed by atoms with Crippen molar-refractivity contribution in [1.82, 2.24) is 10.2 Å². The molecule has 7 heteroatoms. The maximum absolute atomic E-state index is 6.30. The lowest BCUT2D eigenvalue weighted by Crippen LogP contribution is -2.07. The Labute approximate surface area is 179 Å². The number of thioether (sulfide) groups is 1. The summed E-state index contributed by atoms with van der Waals surface area (Å²) >= 11 is 14.3. The molecule has 0 radical (unpaired) electrons. The molecule has 2 aromatic carbocycles. The van der Waals surface area contributed by atoms with E-state index < -0.39 is 0 Å². The summed E-state index contributed by atoms with van der Waals surface area (Å²) in [5.74, 6) is 0.609. The van der Waals surface area contributed by atoms with E-state index >= 15 is 0 Å². The predicted molar refractivity (Wildman–Crippen MR) is 116 cm³/mol. The predicted octanol–water partition coefficient (Wildman–Crippen LogP) is 7.14. The minimum absolute atomic E-state index is 0.545. The number of rotatable bonds is 6. The number of hydrogen-bond donors (Lipinski definition) is 1. The molecule has 1 fully saturated rings. The van der Waals surface area contributed by atoms with Gasteiger partial charge in [-0.3, -0.25) is 0 Å². The van der Waals surface area contributed by atoms with Crippen LogP contribution in [0.4, 0.5) is 11.4 Å². The van der Waals surface area contributed by atoms with Gasteiger partial charge in [-0.05, 0) is 36.6 Å². The van der Waals surface area contributed by atoms with Crippen LogP contribution < -0.4 is 5.32 Å². The summed E-state index contributed by atoms with van der Waals surface area (Å²) in [5, 5.41) is 14.2. The highest BCUT2D eigenvalue weighted by molar-refractivity contribution is 7.99. The van der Waals surface area contributed by atoms with E-state index in [9.17, 15) is 0 Å². The Morgan fingerprint density at radius 2 is 1.71 bits per heavy atom. The van der Waals surface area contributed by atoms with Crippen molar-refractivity contribution < 1.29 is 4.42 Å². The zero-order valence-corrected chi connectivity index (χ0v) is 17.7. The normalized spacial score (nSPS) is 14.9. The molecule has 3 aromatic rings. The molecular formula is C21H21Cl2N3OS. The third-order valence-corrected chi connectivity index (χ3v) is 6.65. The number of halogens is 2. The van der Waals surface area contributed by atoms with Crippen molar-refractivity contribution in [3.8, 4) is 0 Å². The minimum atomic E-state index is 0.545. The van der Waals surface area contributed by atoms with Crippen molar-refractivity contribution in [2.75, 3.05) is 5.32 Å². The van der Waals surface area contributed by atoms with E-state index in [0.717, 1.165) is 11.3 Å². The first-order valence-corrected chi connectivity index (χ1v) is 11.1. The molecule has 0 bridgehead atoms. The summed E-state index contributed by atoms with van der Waals surface area (Å²) in [6.45, 7) is 0. The highest BCUT2D eigenvalue weighted by Crippen LogP contribution is 2.35. The van der Waals surface area contributed by atoms with Crippen LogP contribution >= 0.6 is 35.0 Å². The zero-order valence-electron chi connectivity index (χ0n) is 15.3. The van der Waals surface area contributed by atoms with Gasteiger partial charge in [-0.15, -0.1) is 10.2 Å². The molecule has 0 amide bonds. The highest BCUT2D eigenvalue weighted by atomic mass is 35.5. The summed E-state index contributed by atoms with van der Waals surface area (Å²) in [6, 6.07) is 13.4. The maximum atomic E-state index is 6.30. The minimum Gasteiger partial charge on any atom is -0.416 e. The van der Waals surface area contributed by atoms with Crippen LogP contribution in [0.3, 0.4) is 0 Å². The van der Waals surface area contributed by atoms with Gasteiger partial charge in [-0.2, -0.15) is 0 Å². The Morgan fingerprint density at radius 1 is 0.964 bits per heavy atom. The molecule has 1 N–H and O–H groups in total. The molecule has 0 aliphatic heterocycles. The number of nitrogens with zero attached hydrogens (tertiary/aromatic N) is 2. The van der Waals surface area contributed by atoms with Crippen molar-refractivity contribution >= 4 is 46.3 Å². The van der Waals surface area contributed by atoms with E-state index in [4.69, 9.17) is 27.6 Å². The molecular weight excluding hydrogens is 413 g/mol. The molecule has 28 heavy (non-hydrogen) atoms. The summed E-state index contributed by atoms with van der Waals surface area (Å²) in [4.78, 5) is 0. The third-order valence-electron chi connectivity index (χ3n) is 4.85. The molecule has 0 spiro atoms. The van der Waals surface area contributed by atoms with E-state index in [1.54, 1.807) is 11.8 Å². The Morgan fingerprint density at radius 3 is 2.50 bits per heavy atom. The Balaban J connectivity index is 1.48. The van der Waals surface area contributed by atoms with E-state index in [1.807, 2.05) is 42.5 Å². The molecule has 1 aromatic heterocycles. The largest absolute Gasteiger partial charge is 0.416 e. The first kappa shape index (κ1) is 19.6. The molecule has 0 unspecified atom stereocenters. The molecule has 1 aliphatic carbocycles. The fourth-order valence-corrected chi connectivity index (χ4v) is 4.97. The average Bonchev–Trinajstić information content (AvgIpc) is 3.14. The molecule has 4 rings (SSSR count). The lowest BCUT2D eigenvalue weighted by molar-refractivity contribution is 0.416. The van der Waals surface area contributed by atoms with Crippen molar-refractivity contribution in [3.63, 3.8) is 0 Å². The third kappa shape index (κ3) is 4.83. The molecule has 4 nitrogen and oxygen atoms in total. The number of hydrogen-bond acceptors (Lipinski definition) is 5. The SMILES string of the molecule is Clc1cccc(Cl)c1Nc1ccccc1Cc1nnc(SC2CCCCC2)o1. The number of aromatic nitrogens is 2.